The van der Waals surface area contributed by atoms with Crippen LogP contribution in [0.1, 0.15) is 13.8 Å². The lowest BCUT2D eigenvalue weighted by molar-refractivity contribution is -0.119. The number of rotatable bonds is 6. The maximum absolute atomic E-state index is 12.0. The van der Waals surface area contributed by atoms with Crippen LogP contribution in [-0.4, -0.2) is 18.4 Å². The summed E-state index contributed by atoms with van der Waals surface area (Å²) in [6, 6.07) is 11.9. The minimum Gasteiger partial charge on any atom is -0.375 e. The van der Waals surface area contributed by atoms with Gasteiger partial charge in [0.1, 0.15) is 0 Å². The van der Waals surface area contributed by atoms with Gasteiger partial charge in [0, 0.05) is 22.3 Å². The highest BCUT2D eigenvalue weighted by Crippen LogP contribution is 2.25. The first-order chi connectivity index (χ1) is 11.8. The van der Waals surface area contributed by atoms with Crippen molar-refractivity contribution < 1.29 is 9.59 Å². The Hall–Kier alpha value is -2.24. The second kappa shape index (κ2) is 8.74. The minimum atomic E-state index is -0.227. The molecule has 132 valence electrons. The number of halogens is 2. The lowest BCUT2D eigenvalue weighted by Gasteiger charge is -2.11. The van der Waals surface area contributed by atoms with E-state index in [9.17, 15) is 9.59 Å². The van der Waals surface area contributed by atoms with Crippen LogP contribution in [0.4, 0.5) is 17.1 Å². The summed E-state index contributed by atoms with van der Waals surface area (Å²) in [7, 11) is 0. The Balaban J connectivity index is 1.88. The first-order valence-corrected chi connectivity index (χ1v) is 8.50. The van der Waals surface area contributed by atoms with Gasteiger partial charge < -0.3 is 16.0 Å². The summed E-state index contributed by atoms with van der Waals surface area (Å²) in [6.45, 7) is 3.69. The van der Waals surface area contributed by atoms with E-state index < -0.39 is 0 Å². The number of anilines is 3. The molecule has 25 heavy (non-hydrogen) atoms. The van der Waals surface area contributed by atoms with Crippen LogP contribution in [0.2, 0.25) is 10.0 Å². The molecule has 2 aromatic rings. The average Bonchev–Trinajstić information content (AvgIpc) is 2.57. The Morgan fingerprint density at radius 1 is 0.960 bits per heavy atom. The second-order valence-electron chi connectivity index (χ2n) is 5.75. The Labute approximate surface area is 156 Å². The molecule has 0 aliphatic heterocycles. The van der Waals surface area contributed by atoms with Crippen molar-refractivity contribution in [1.82, 2.24) is 0 Å². The maximum Gasteiger partial charge on any atom is 0.243 e. The molecule has 0 aromatic heterocycles. The normalized spacial score (nSPS) is 10.4. The molecule has 5 nitrogen and oxygen atoms in total. The van der Waals surface area contributed by atoms with Crippen molar-refractivity contribution in [3.05, 3.63) is 52.5 Å². The van der Waals surface area contributed by atoms with E-state index in [2.05, 4.69) is 16.0 Å². The van der Waals surface area contributed by atoms with Crippen molar-refractivity contribution in [2.45, 2.75) is 13.8 Å². The van der Waals surface area contributed by atoms with Crippen molar-refractivity contribution in [1.29, 1.82) is 0 Å². The lowest BCUT2D eigenvalue weighted by atomic mass is 10.2. The van der Waals surface area contributed by atoms with E-state index in [0.717, 1.165) is 0 Å². The molecule has 0 saturated carbocycles. The van der Waals surface area contributed by atoms with Crippen molar-refractivity contribution in [3.8, 4) is 0 Å². The molecule has 0 atom stereocenters. The Bertz CT molecular complexity index is 761. The van der Waals surface area contributed by atoms with Crippen LogP contribution in [0.15, 0.2) is 42.5 Å². The average molecular weight is 380 g/mol. The molecule has 0 saturated heterocycles. The number of amides is 2. The fraction of sp³-hybridized carbons (Fsp3) is 0.222. The molecule has 0 unspecified atom stereocenters. The zero-order chi connectivity index (χ0) is 18.4. The van der Waals surface area contributed by atoms with Crippen LogP contribution < -0.4 is 16.0 Å². The van der Waals surface area contributed by atoms with Gasteiger partial charge in [0.2, 0.25) is 11.8 Å². The van der Waals surface area contributed by atoms with Crippen LogP contribution in [0.5, 0.6) is 0 Å². The van der Waals surface area contributed by atoms with Crippen LogP contribution in [-0.2, 0) is 9.59 Å². The first-order valence-electron chi connectivity index (χ1n) is 7.75. The van der Waals surface area contributed by atoms with E-state index in [1.807, 2.05) is 13.8 Å². The van der Waals surface area contributed by atoms with Gasteiger partial charge in [-0.15, -0.1) is 0 Å². The fourth-order valence-corrected chi connectivity index (χ4v) is 2.29. The third-order valence-electron chi connectivity index (χ3n) is 3.33. The summed E-state index contributed by atoms with van der Waals surface area (Å²) in [5.41, 5.74) is 1.91. The number of hydrogen-bond acceptors (Lipinski definition) is 3. The molecular weight excluding hydrogens is 361 g/mol. The molecule has 2 aromatic carbocycles. The standard InChI is InChI=1S/C18H19Cl2N3O2/c1-11(2)18(25)23-14-6-4-13(5-7-14)22-17(24)10-21-16-9-12(19)3-8-15(16)20/h3-9,11,21H,10H2,1-2H3,(H,22,24)(H,23,25). The van der Waals surface area contributed by atoms with E-state index in [1.54, 1.807) is 42.5 Å². The number of benzene rings is 2. The molecule has 7 heteroatoms. The highest BCUT2D eigenvalue weighted by molar-refractivity contribution is 6.35. The van der Waals surface area contributed by atoms with Gasteiger partial charge in [0.05, 0.1) is 17.3 Å². The summed E-state index contributed by atoms with van der Waals surface area (Å²) < 4.78 is 0. The third kappa shape index (κ3) is 5.96. The molecule has 2 amide bonds. The van der Waals surface area contributed by atoms with Gasteiger partial charge in [-0.3, -0.25) is 9.59 Å². The SMILES string of the molecule is CC(C)C(=O)Nc1ccc(NC(=O)CNc2cc(Cl)ccc2Cl)cc1. The van der Waals surface area contributed by atoms with Gasteiger partial charge in [-0.1, -0.05) is 37.0 Å². The fourth-order valence-electron chi connectivity index (χ4n) is 1.94. The molecule has 0 fully saturated rings. The summed E-state index contributed by atoms with van der Waals surface area (Å²) in [6.07, 6.45) is 0. The van der Waals surface area contributed by atoms with Crippen LogP contribution in [0, 0.1) is 5.92 Å². The molecule has 0 aliphatic rings. The van der Waals surface area contributed by atoms with E-state index in [4.69, 9.17) is 23.2 Å². The zero-order valence-corrected chi connectivity index (χ0v) is 15.4. The van der Waals surface area contributed by atoms with Crippen molar-refractivity contribution in [3.63, 3.8) is 0 Å². The minimum absolute atomic E-state index is 0.0475. The Kier molecular flexibility index (Phi) is 6.67. The summed E-state index contributed by atoms with van der Waals surface area (Å²) >= 11 is 11.9. The van der Waals surface area contributed by atoms with Gasteiger partial charge in [0.15, 0.2) is 0 Å². The number of carbonyl (C=O) groups excluding carboxylic acids is 2. The Morgan fingerprint density at radius 3 is 2.16 bits per heavy atom. The Morgan fingerprint density at radius 2 is 1.56 bits per heavy atom. The second-order valence-corrected chi connectivity index (χ2v) is 6.59. The summed E-state index contributed by atoms with van der Waals surface area (Å²) in [5.74, 6) is -0.377. The number of nitrogens with one attached hydrogen (secondary N) is 3. The molecule has 0 spiro atoms. The molecule has 3 N–H and O–H groups in total. The summed E-state index contributed by atoms with van der Waals surface area (Å²) in [5, 5.41) is 9.51. The number of carbonyl (C=O) groups is 2. The van der Waals surface area contributed by atoms with E-state index in [-0.39, 0.29) is 24.3 Å². The van der Waals surface area contributed by atoms with E-state index in [1.165, 1.54) is 0 Å². The highest BCUT2D eigenvalue weighted by Gasteiger charge is 2.08. The third-order valence-corrected chi connectivity index (χ3v) is 3.89. The lowest BCUT2D eigenvalue weighted by Crippen LogP contribution is -2.22. The van der Waals surface area contributed by atoms with Crippen LogP contribution in [0.3, 0.4) is 0 Å². The van der Waals surface area contributed by atoms with Crippen molar-refractivity contribution in [2.75, 3.05) is 22.5 Å². The molecule has 0 radical (unpaired) electrons. The van der Waals surface area contributed by atoms with Gasteiger partial charge in [-0.05, 0) is 42.5 Å². The maximum atomic E-state index is 12.0. The topological polar surface area (TPSA) is 70.2 Å². The largest absolute Gasteiger partial charge is 0.375 e. The van der Waals surface area contributed by atoms with Crippen LogP contribution >= 0.6 is 23.2 Å². The van der Waals surface area contributed by atoms with E-state index in [0.29, 0.717) is 27.1 Å². The first kappa shape index (κ1) is 19.1. The highest BCUT2D eigenvalue weighted by atomic mass is 35.5. The zero-order valence-electron chi connectivity index (χ0n) is 13.9. The van der Waals surface area contributed by atoms with Gasteiger partial charge in [-0.25, -0.2) is 0 Å². The van der Waals surface area contributed by atoms with Crippen molar-refractivity contribution in [2.24, 2.45) is 5.92 Å². The quantitative estimate of drug-likeness (QED) is 0.684. The van der Waals surface area contributed by atoms with Gasteiger partial charge in [-0.2, -0.15) is 0 Å². The summed E-state index contributed by atoms with van der Waals surface area (Å²) in [4.78, 5) is 23.7. The van der Waals surface area contributed by atoms with E-state index >= 15 is 0 Å². The monoisotopic (exact) mass is 379 g/mol. The van der Waals surface area contributed by atoms with Gasteiger partial charge in [0.25, 0.3) is 0 Å². The number of hydrogen-bond donors (Lipinski definition) is 3. The molecule has 0 aliphatic carbocycles. The molecular formula is C18H19Cl2N3O2. The van der Waals surface area contributed by atoms with Gasteiger partial charge >= 0.3 is 0 Å². The molecule has 0 heterocycles. The predicted octanol–water partition coefficient (Wildman–Crippen LogP) is 4.64. The van der Waals surface area contributed by atoms with Crippen molar-refractivity contribution >= 4 is 52.1 Å². The molecule has 0 bridgehead atoms. The predicted molar refractivity (Wildman–Crippen MR) is 103 cm³/mol. The molecule has 2 rings (SSSR count). The smallest absolute Gasteiger partial charge is 0.243 e. The van der Waals surface area contributed by atoms with Crippen LogP contribution in [0.25, 0.3) is 0 Å².